The average molecular weight is 846 g/mol. The van der Waals surface area contributed by atoms with E-state index in [9.17, 15) is 68.4 Å². The van der Waals surface area contributed by atoms with Crippen molar-refractivity contribution in [1.82, 2.24) is 31.9 Å². The lowest BCUT2D eigenvalue weighted by Crippen LogP contribution is -2.61. The van der Waals surface area contributed by atoms with E-state index in [1.807, 2.05) is 0 Å². The third kappa shape index (κ3) is 21.3. The molecule has 0 saturated heterocycles. The molecular formula is C34H59N11O14. The highest BCUT2D eigenvalue weighted by Crippen LogP contribution is 2.12. The molecule has 25 nitrogen and oxygen atoms in total. The van der Waals surface area contributed by atoms with Gasteiger partial charge in [0.15, 0.2) is 5.96 Å². The van der Waals surface area contributed by atoms with E-state index in [1.165, 1.54) is 0 Å². The quantitative estimate of drug-likeness (QED) is 0.0190. The van der Waals surface area contributed by atoms with E-state index in [0.29, 0.717) is 6.42 Å². The van der Waals surface area contributed by atoms with E-state index in [1.54, 1.807) is 27.7 Å². The van der Waals surface area contributed by atoms with E-state index in [2.05, 4.69) is 36.9 Å². The van der Waals surface area contributed by atoms with E-state index in [4.69, 9.17) is 22.9 Å². The summed E-state index contributed by atoms with van der Waals surface area (Å²) in [5.74, 6) is -13.2. The number of carbonyl (C=O) groups excluding carboxylic acids is 7. The van der Waals surface area contributed by atoms with Gasteiger partial charge in [-0.1, -0.05) is 34.1 Å². The zero-order valence-corrected chi connectivity index (χ0v) is 33.4. The number of rotatable bonds is 29. The summed E-state index contributed by atoms with van der Waals surface area (Å²) in [6.07, 6.45) is -2.65. The topological polar surface area (TPSA) is 440 Å². The zero-order chi connectivity index (χ0) is 45.6. The maximum atomic E-state index is 13.6. The van der Waals surface area contributed by atoms with Gasteiger partial charge in [0.1, 0.15) is 36.3 Å². The summed E-state index contributed by atoms with van der Waals surface area (Å²) >= 11 is 0. The molecule has 0 radical (unpaired) electrons. The molecule has 0 aliphatic carbocycles. The molecule has 18 N–H and O–H groups in total. The molecule has 334 valence electrons. The van der Waals surface area contributed by atoms with Crippen LogP contribution in [0.3, 0.4) is 0 Å². The van der Waals surface area contributed by atoms with Crippen molar-refractivity contribution >= 4 is 65.2 Å². The van der Waals surface area contributed by atoms with Crippen LogP contribution in [0.1, 0.15) is 79.1 Å². The molecular weight excluding hydrogens is 786 g/mol. The van der Waals surface area contributed by atoms with Crippen molar-refractivity contribution in [3.05, 3.63) is 0 Å². The highest BCUT2D eigenvalue weighted by Gasteiger charge is 2.36. The van der Waals surface area contributed by atoms with Crippen molar-refractivity contribution in [3.8, 4) is 0 Å². The SMILES string of the molecule is CC[C@H](C)[C@H](NC(=O)[C@H](CC(C)C)NC(=O)[C@H](CC(N)=O)NC(=O)[C@H](CC(=O)O)NC(=O)[C@H](CCC(=O)O)NC(=O)[C@@H](N)CCCN=C(N)N)C(=O)N[C@@H](CO)C(=O)O. The maximum Gasteiger partial charge on any atom is 0.328 e. The molecule has 0 unspecified atom stereocenters. The molecule has 0 aromatic rings. The van der Waals surface area contributed by atoms with Crippen LogP contribution >= 0.6 is 0 Å². The molecule has 0 aliphatic rings. The number of aliphatic hydroxyl groups excluding tert-OH is 1. The number of hydrogen-bond donors (Lipinski definition) is 14. The number of nitrogens with two attached hydrogens (primary N) is 4. The summed E-state index contributed by atoms with van der Waals surface area (Å²) in [6.45, 7) is 5.81. The summed E-state index contributed by atoms with van der Waals surface area (Å²) in [7, 11) is 0. The number of aliphatic hydroxyl groups is 1. The number of aliphatic carboxylic acids is 3. The molecule has 0 aliphatic heterocycles. The second-order valence-corrected chi connectivity index (χ2v) is 14.1. The van der Waals surface area contributed by atoms with E-state index >= 15 is 0 Å². The first-order valence-electron chi connectivity index (χ1n) is 18.6. The third-order valence-corrected chi connectivity index (χ3v) is 8.56. The number of carboxylic acid groups (broad SMARTS) is 3. The molecule has 0 heterocycles. The Morgan fingerprint density at radius 2 is 1.10 bits per heavy atom. The fraction of sp³-hybridized carbons (Fsp3) is 0.676. The Hall–Kier alpha value is -6.11. The van der Waals surface area contributed by atoms with Crippen molar-refractivity contribution < 1.29 is 68.4 Å². The third-order valence-electron chi connectivity index (χ3n) is 8.56. The normalized spacial score (nSPS) is 15.0. The largest absolute Gasteiger partial charge is 0.481 e. The molecule has 8 atom stereocenters. The van der Waals surface area contributed by atoms with Crippen LogP contribution in [0.2, 0.25) is 0 Å². The predicted octanol–water partition coefficient (Wildman–Crippen LogP) is -5.34. The highest BCUT2D eigenvalue weighted by atomic mass is 16.4. The van der Waals surface area contributed by atoms with Crippen molar-refractivity contribution in [1.29, 1.82) is 0 Å². The van der Waals surface area contributed by atoms with Crippen LogP contribution in [0.4, 0.5) is 0 Å². The first kappa shape index (κ1) is 52.9. The lowest BCUT2D eigenvalue weighted by atomic mass is 9.96. The number of carboxylic acids is 3. The summed E-state index contributed by atoms with van der Waals surface area (Å²) in [6, 6.07) is -11.2. The van der Waals surface area contributed by atoms with Gasteiger partial charge in [0.05, 0.1) is 25.5 Å². The van der Waals surface area contributed by atoms with Gasteiger partial charge in [-0.15, -0.1) is 0 Å². The van der Waals surface area contributed by atoms with Gasteiger partial charge in [-0.05, 0) is 37.5 Å². The van der Waals surface area contributed by atoms with Crippen molar-refractivity contribution in [3.63, 3.8) is 0 Å². The standard InChI is InChI=1S/C34H59N11O14/c1-5-16(4)26(32(57)44-22(14-46)33(58)59)45-31(56)19(11-15(2)3)41-29(54)20(12-23(36)47)42-30(55)21(13-25(50)51)43-28(53)18(8-9-24(48)49)40-27(52)17(35)7-6-10-39-34(37)38/h15-22,26,46H,5-14,35H2,1-4H3,(H2,36,47)(H,40,52)(H,41,54)(H,42,55)(H,43,53)(H,44,57)(H,45,56)(H,48,49)(H,50,51)(H,58,59)(H4,37,38,39)/t16-,17-,18-,19-,20-,21-,22-,26-/m0/s1. The fourth-order valence-electron chi connectivity index (χ4n) is 5.18. The number of guanidine groups is 1. The van der Waals surface area contributed by atoms with Crippen LogP contribution in [0.5, 0.6) is 0 Å². The minimum Gasteiger partial charge on any atom is -0.481 e. The van der Waals surface area contributed by atoms with Gasteiger partial charge in [0.2, 0.25) is 41.4 Å². The highest BCUT2D eigenvalue weighted by molar-refractivity contribution is 5.99. The number of amides is 7. The number of nitrogens with one attached hydrogen (secondary N) is 6. The Kier molecular flexibility index (Phi) is 24.0. The Labute approximate surface area is 339 Å². The van der Waals surface area contributed by atoms with E-state index < -0.39 is 140 Å². The molecule has 0 saturated carbocycles. The lowest BCUT2D eigenvalue weighted by Gasteiger charge is -2.29. The molecule has 25 heteroatoms. The molecule has 0 aromatic heterocycles. The minimum absolute atomic E-state index is 0.0363. The minimum atomic E-state index is -1.99. The number of nitrogens with zero attached hydrogens (tertiary/aromatic N) is 1. The van der Waals surface area contributed by atoms with Crippen LogP contribution in [-0.4, -0.2) is 141 Å². The second kappa shape index (κ2) is 26.7. The van der Waals surface area contributed by atoms with Gasteiger partial charge in [-0.2, -0.15) is 0 Å². The average Bonchev–Trinajstić information content (AvgIpc) is 3.13. The fourth-order valence-corrected chi connectivity index (χ4v) is 5.18. The first-order valence-corrected chi connectivity index (χ1v) is 18.6. The van der Waals surface area contributed by atoms with E-state index in [0.717, 1.165) is 0 Å². The van der Waals surface area contributed by atoms with Crippen LogP contribution in [0, 0.1) is 11.8 Å². The lowest BCUT2D eigenvalue weighted by molar-refractivity contribution is -0.144. The Morgan fingerprint density at radius 3 is 1.56 bits per heavy atom. The van der Waals surface area contributed by atoms with Gasteiger partial charge in [0, 0.05) is 13.0 Å². The van der Waals surface area contributed by atoms with E-state index in [-0.39, 0.29) is 37.7 Å². The molecule has 7 amide bonds. The van der Waals surface area contributed by atoms with Gasteiger partial charge in [-0.25, -0.2) is 4.79 Å². The number of aliphatic imine (C=N–C) groups is 1. The number of primary amides is 1. The van der Waals surface area contributed by atoms with Crippen molar-refractivity contribution in [2.45, 2.75) is 121 Å². The maximum absolute atomic E-state index is 13.6. The van der Waals surface area contributed by atoms with Crippen LogP contribution < -0.4 is 54.8 Å². The summed E-state index contributed by atoms with van der Waals surface area (Å²) in [5.41, 5.74) is 21.7. The van der Waals surface area contributed by atoms with Crippen LogP contribution in [0.15, 0.2) is 4.99 Å². The monoisotopic (exact) mass is 845 g/mol. The van der Waals surface area contributed by atoms with Gasteiger partial charge < -0.3 is 75.3 Å². The Bertz CT molecular complexity index is 1540. The Morgan fingerprint density at radius 1 is 0.610 bits per heavy atom. The van der Waals surface area contributed by atoms with Crippen LogP contribution in [0.25, 0.3) is 0 Å². The first-order chi connectivity index (χ1) is 27.4. The summed E-state index contributed by atoms with van der Waals surface area (Å²) in [5, 5.41) is 50.8. The molecule has 59 heavy (non-hydrogen) atoms. The molecule has 0 spiro atoms. The summed E-state index contributed by atoms with van der Waals surface area (Å²) < 4.78 is 0. The molecule has 0 aromatic carbocycles. The molecule has 0 rings (SSSR count). The molecule has 0 fully saturated rings. The smallest absolute Gasteiger partial charge is 0.328 e. The van der Waals surface area contributed by atoms with Crippen LogP contribution in [-0.2, 0) is 47.9 Å². The van der Waals surface area contributed by atoms with Crippen molar-refractivity contribution in [2.75, 3.05) is 13.2 Å². The zero-order valence-electron chi connectivity index (χ0n) is 33.4. The second-order valence-electron chi connectivity index (χ2n) is 14.1. The summed E-state index contributed by atoms with van der Waals surface area (Å²) in [4.78, 5) is 130. The van der Waals surface area contributed by atoms with Gasteiger partial charge in [0.25, 0.3) is 0 Å². The van der Waals surface area contributed by atoms with Gasteiger partial charge in [-0.3, -0.25) is 48.1 Å². The Balaban J connectivity index is 6.36. The number of carbonyl (C=O) groups is 10. The molecule has 0 bridgehead atoms. The predicted molar refractivity (Wildman–Crippen MR) is 206 cm³/mol. The van der Waals surface area contributed by atoms with Crippen molar-refractivity contribution in [2.24, 2.45) is 39.8 Å². The van der Waals surface area contributed by atoms with Gasteiger partial charge >= 0.3 is 17.9 Å². The number of hydrogen-bond acceptors (Lipinski definition) is 13.